The number of nitrogens with one attached hydrogen (secondary N) is 2. The van der Waals surface area contributed by atoms with Crippen molar-refractivity contribution in [3.05, 3.63) is 46.5 Å². The molecular weight excluding hydrogens is 385 g/mol. The molecule has 0 radical (unpaired) electrons. The largest absolute Gasteiger partial charge is 0.446 e. The van der Waals surface area contributed by atoms with E-state index in [2.05, 4.69) is 15.5 Å². The van der Waals surface area contributed by atoms with Crippen LogP contribution >= 0.6 is 24.0 Å². The average molecular weight is 400 g/mol. The van der Waals surface area contributed by atoms with Crippen molar-refractivity contribution in [2.24, 2.45) is 0 Å². The summed E-state index contributed by atoms with van der Waals surface area (Å²) in [7, 11) is 0. The Balaban J connectivity index is 1.54. The van der Waals surface area contributed by atoms with Crippen LogP contribution in [0.4, 0.5) is 13.2 Å². The van der Waals surface area contributed by atoms with Crippen LogP contribution in [0.5, 0.6) is 0 Å². The molecule has 0 spiro atoms. The SMILES string of the molecule is O=C(/C=C/c1ccc(SC(F)(F)F)cc1)NCc1n[nH]c(=S)n1C1CC1. The Hall–Kier alpha value is -2.07. The van der Waals surface area contributed by atoms with Gasteiger partial charge in [0, 0.05) is 17.0 Å². The average Bonchev–Trinajstić information content (AvgIpc) is 3.34. The molecule has 1 amide bonds. The number of benzene rings is 1. The van der Waals surface area contributed by atoms with Crippen molar-refractivity contribution in [2.75, 3.05) is 0 Å². The number of halogens is 3. The zero-order chi connectivity index (χ0) is 18.7. The van der Waals surface area contributed by atoms with Crippen LogP contribution in [0, 0.1) is 4.77 Å². The molecule has 1 aromatic heterocycles. The second kappa shape index (κ2) is 7.67. The molecule has 1 fully saturated rings. The van der Waals surface area contributed by atoms with Crippen LogP contribution in [0.15, 0.2) is 35.2 Å². The maximum absolute atomic E-state index is 12.3. The molecule has 0 unspecified atom stereocenters. The van der Waals surface area contributed by atoms with Gasteiger partial charge in [0.05, 0.1) is 6.54 Å². The van der Waals surface area contributed by atoms with E-state index < -0.39 is 5.51 Å². The van der Waals surface area contributed by atoms with E-state index in [0.717, 1.165) is 12.8 Å². The standard InChI is InChI=1S/C16H15F3N4OS2/c17-16(18,19)26-12-6-1-10(2-7-12)3-8-14(24)20-9-13-21-22-15(25)23(13)11-4-5-11/h1-3,6-8,11H,4-5,9H2,(H,20,24)(H,22,25)/b8-3+. The lowest BCUT2D eigenvalue weighted by atomic mass is 10.2. The van der Waals surface area contributed by atoms with Gasteiger partial charge in [-0.3, -0.25) is 14.5 Å². The Bertz CT molecular complexity index is 867. The first-order chi connectivity index (χ1) is 12.3. The second-order valence-corrected chi connectivity index (χ2v) is 7.24. The highest BCUT2D eigenvalue weighted by Crippen LogP contribution is 2.37. The number of aromatic amines is 1. The summed E-state index contributed by atoms with van der Waals surface area (Å²) in [6.07, 6.45) is 4.97. The van der Waals surface area contributed by atoms with E-state index in [4.69, 9.17) is 12.2 Å². The van der Waals surface area contributed by atoms with Crippen molar-refractivity contribution in [1.82, 2.24) is 20.1 Å². The smallest absolute Gasteiger partial charge is 0.345 e. The van der Waals surface area contributed by atoms with Crippen molar-refractivity contribution in [1.29, 1.82) is 0 Å². The molecule has 1 saturated carbocycles. The summed E-state index contributed by atoms with van der Waals surface area (Å²) in [4.78, 5) is 12.0. The molecule has 1 heterocycles. The predicted octanol–water partition coefficient (Wildman–Crippen LogP) is 4.22. The molecule has 5 nitrogen and oxygen atoms in total. The van der Waals surface area contributed by atoms with E-state index in [1.165, 1.54) is 36.4 Å². The zero-order valence-corrected chi connectivity index (χ0v) is 15.0. The number of carbonyl (C=O) groups is 1. The minimum Gasteiger partial charge on any atom is -0.345 e. The van der Waals surface area contributed by atoms with Crippen LogP contribution in [-0.2, 0) is 11.3 Å². The molecule has 26 heavy (non-hydrogen) atoms. The Kier molecular flexibility index (Phi) is 5.52. The number of hydrogen-bond donors (Lipinski definition) is 2. The molecule has 0 atom stereocenters. The Morgan fingerprint density at radius 2 is 2.08 bits per heavy atom. The number of alkyl halides is 3. The first-order valence-corrected chi connectivity index (χ1v) is 9.02. The van der Waals surface area contributed by atoms with Gasteiger partial charge in [-0.05, 0) is 60.6 Å². The summed E-state index contributed by atoms with van der Waals surface area (Å²) in [5, 5.41) is 9.56. The van der Waals surface area contributed by atoms with Gasteiger partial charge in [0.15, 0.2) is 10.6 Å². The number of hydrogen-bond acceptors (Lipinski definition) is 4. The third-order valence-electron chi connectivity index (χ3n) is 3.65. The van der Waals surface area contributed by atoms with Crippen molar-refractivity contribution >= 4 is 36.0 Å². The monoisotopic (exact) mass is 400 g/mol. The Labute approximate surface area is 156 Å². The van der Waals surface area contributed by atoms with E-state index >= 15 is 0 Å². The molecular formula is C16H15F3N4OS2. The number of thioether (sulfide) groups is 1. The van der Waals surface area contributed by atoms with Crippen LogP contribution in [-0.4, -0.2) is 26.2 Å². The lowest BCUT2D eigenvalue weighted by Gasteiger charge is -2.06. The van der Waals surface area contributed by atoms with Gasteiger partial charge in [0.1, 0.15) is 0 Å². The number of H-pyrrole nitrogens is 1. The highest BCUT2D eigenvalue weighted by atomic mass is 32.2. The van der Waals surface area contributed by atoms with E-state index in [9.17, 15) is 18.0 Å². The van der Waals surface area contributed by atoms with Gasteiger partial charge in [-0.1, -0.05) is 12.1 Å². The third kappa shape index (κ3) is 5.21. The maximum Gasteiger partial charge on any atom is 0.446 e. The van der Waals surface area contributed by atoms with Crippen LogP contribution in [0.25, 0.3) is 6.08 Å². The maximum atomic E-state index is 12.3. The van der Waals surface area contributed by atoms with Crippen molar-refractivity contribution < 1.29 is 18.0 Å². The molecule has 2 aromatic rings. The fourth-order valence-electron chi connectivity index (χ4n) is 2.35. The first kappa shape index (κ1) is 18.7. The molecule has 1 aliphatic rings. The lowest BCUT2D eigenvalue weighted by molar-refractivity contribution is -0.116. The minimum absolute atomic E-state index is 0.0991. The van der Waals surface area contributed by atoms with E-state index in [1.807, 2.05) is 4.57 Å². The molecule has 1 aromatic carbocycles. The van der Waals surface area contributed by atoms with Crippen LogP contribution in [0.1, 0.15) is 30.3 Å². The molecule has 0 aliphatic heterocycles. The van der Waals surface area contributed by atoms with Crippen molar-refractivity contribution in [3.63, 3.8) is 0 Å². The second-order valence-electron chi connectivity index (χ2n) is 5.71. The minimum atomic E-state index is -4.31. The summed E-state index contributed by atoms with van der Waals surface area (Å²) in [5.74, 6) is 0.350. The normalized spacial score (nSPS) is 14.7. The zero-order valence-electron chi connectivity index (χ0n) is 13.4. The van der Waals surface area contributed by atoms with Crippen molar-refractivity contribution in [2.45, 2.75) is 35.8 Å². The summed E-state index contributed by atoms with van der Waals surface area (Å²) >= 11 is 5.00. The summed E-state index contributed by atoms with van der Waals surface area (Å²) in [6, 6.07) is 6.13. The highest BCUT2D eigenvalue weighted by molar-refractivity contribution is 8.00. The van der Waals surface area contributed by atoms with Gasteiger partial charge < -0.3 is 5.32 Å². The quantitative estimate of drug-likeness (QED) is 0.433. The highest BCUT2D eigenvalue weighted by Gasteiger charge is 2.29. The summed E-state index contributed by atoms with van der Waals surface area (Å²) in [5.41, 5.74) is -3.68. The van der Waals surface area contributed by atoms with Gasteiger partial charge in [-0.25, -0.2) is 0 Å². The Morgan fingerprint density at radius 1 is 1.38 bits per heavy atom. The number of amides is 1. The fourth-order valence-corrected chi connectivity index (χ4v) is 3.19. The predicted molar refractivity (Wildman–Crippen MR) is 94.9 cm³/mol. The van der Waals surface area contributed by atoms with Gasteiger partial charge >= 0.3 is 5.51 Å². The molecule has 138 valence electrons. The van der Waals surface area contributed by atoms with E-state index in [-0.39, 0.29) is 29.1 Å². The summed E-state index contributed by atoms with van der Waals surface area (Å²) < 4.78 is 39.3. The number of aromatic nitrogens is 3. The summed E-state index contributed by atoms with van der Waals surface area (Å²) in [6.45, 7) is 0.244. The molecule has 0 saturated heterocycles. The number of nitrogens with zero attached hydrogens (tertiary/aromatic N) is 2. The molecule has 0 bridgehead atoms. The van der Waals surface area contributed by atoms with Crippen molar-refractivity contribution in [3.8, 4) is 0 Å². The lowest BCUT2D eigenvalue weighted by Crippen LogP contribution is -2.22. The van der Waals surface area contributed by atoms with Gasteiger partial charge in [0.2, 0.25) is 5.91 Å². The van der Waals surface area contributed by atoms with Gasteiger partial charge in [0.25, 0.3) is 0 Å². The number of rotatable bonds is 6. The topological polar surface area (TPSA) is 62.7 Å². The molecule has 10 heteroatoms. The third-order valence-corrected chi connectivity index (χ3v) is 4.68. The van der Waals surface area contributed by atoms with Crippen LogP contribution < -0.4 is 5.32 Å². The fraction of sp³-hybridized carbons (Fsp3) is 0.312. The Morgan fingerprint density at radius 3 is 2.69 bits per heavy atom. The van der Waals surface area contributed by atoms with Gasteiger partial charge in [-0.15, -0.1) is 0 Å². The van der Waals surface area contributed by atoms with Gasteiger partial charge in [-0.2, -0.15) is 18.3 Å². The number of carbonyl (C=O) groups excluding carboxylic acids is 1. The first-order valence-electron chi connectivity index (χ1n) is 7.79. The molecule has 3 rings (SSSR count). The molecule has 1 aliphatic carbocycles. The van der Waals surface area contributed by atoms with Crippen LogP contribution in [0.2, 0.25) is 0 Å². The van der Waals surface area contributed by atoms with E-state index in [0.29, 0.717) is 22.2 Å². The van der Waals surface area contributed by atoms with Crippen LogP contribution in [0.3, 0.4) is 0 Å². The molecule has 2 N–H and O–H groups in total. The van der Waals surface area contributed by atoms with E-state index in [1.54, 1.807) is 0 Å².